The van der Waals surface area contributed by atoms with Crippen LogP contribution in [-0.2, 0) is 24.0 Å². The van der Waals surface area contributed by atoms with Crippen molar-refractivity contribution in [3.63, 3.8) is 0 Å². The summed E-state index contributed by atoms with van der Waals surface area (Å²) < 4.78 is 1.45. The Labute approximate surface area is 163 Å². The van der Waals surface area contributed by atoms with Crippen LogP contribution in [0, 0.1) is 0 Å². The second-order valence-electron chi connectivity index (χ2n) is 7.67. The van der Waals surface area contributed by atoms with E-state index in [4.69, 9.17) is 44.7 Å². The smallest absolute Gasteiger partial charge is 0.362 e. The molecule has 0 heterocycles. The molecule has 0 radical (unpaired) electrons. The summed E-state index contributed by atoms with van der Waals surface area (Å²) in [6.07, 6.45) is 2.84. The average molecular weight is 410 g/mol. The van der Waals surface area contributed by atoms with Gasteiger partial charge in [0, 0.05) is 6.42 Å². The van der Waals surface area contributed by atoms with Crippen LogP contribution >= 0.6 is 0 Å². The van der Waals surface area contributed by atoms with Crippen LogP contribution in [0.3, 0.4) is 0 Å². The van der Waals surface area contributed by atoms with E-state index in [2.05, 4.69) is 21.1 Å². The van der Waals surface area contributed by atoms with E-state index in [1.165, 1.54) is 0 Å². The number of carbonyl (C=O) groups excluding carboxylic acids is 2. The second kappa shape index (κ2) is 13.4. The van der Waals surface area contributed by atoms with Gasteiger partial charge >= 0.3 is 17.9 Å². The molecule has 0 saturated heterocycles. The Morgan fingerprint density at radius 2 is 1.07 bits per heavy atom. The Bertz CT molecular complexity index is 499. The number of unbranched alkanes of at least 4 members (excludes halogenated alkanes) is 1. The predicted molar refractivity (Wildman–Crippen MR) is 91.5 cm³/mol. The third-order valence-corrected chi connectivity index (χ3v) is 3.13. The molecule has 0 aromatic carbocycles. The zero-order chi connectivity index (χ0) is 23.3. The first-order valence-electron chi connectivity index (χ1n) is 8.05. The van der Waals surface area contributed by atoms with Crippen LogP contribution in [0.4, 0.5) is 0 Å². The Kier molecular flexibility index (Phi) is 14.4. The molecule has 0 aromatic rings. The van der Waals surface area contributed by atoms with Gasteiger partial charge in [0.05, 0.1) is 48.8 Å². The fraction of sp³-hybridized carbons (Fsp3) is 0.688. The molecule has 0 saturated carbocycles. The highest BCUT2D eigenvalue weighted by Gasteiger charge is 2.30. The first-order valence-corrected chi connectivity index (χ1v) is 8.05. The lowest BCUT2D eigenvalue weighted by Crippen LogP contribution is -2.49. The Hall–Kier alpha value is -2.73. The molecule has 0 bridgehead atoms. The molecule has 0 aromatic heterocycles. The standard InChI is InChI=1S/C12H27N2O2.2C2H2O4/c1-13(2,3)10-8-7-9-11(12(15)16)14(4,5)6;2*3-1(4)2(5)6/h11H,7-10H2,1-6H3;2*(H,3,4)(H,5,6)/q+1;;/p-1/t11-;;/m1../s1. The third-order valence-electron chi connectivity index (χ3n) is 3.13. The number of carboxylic acid groups (broad SMARTS) is 5. The molecule has 0 aliphatic carbocycles. The van der Waals surface area contributed by atoms with Gasteiger partial charge in [0.2, 0.25) is 0 Å². The molecular formula is C16H30N2O10. The van der Waals surface area contributed by atoms with Crippen LogP contribution in [0.5, 0.6) is 0 Å². The number of likely N-dealkylation sites (N-methyl/N-ethyl adjacent to an activating group) is 1. The Morgan fingerprint density at radius 3 is 1.25 bits per heavy atom. The van der Waals surface area contributed by atoms with Gasteiger partial charge < -0.3 is 44.1 Å². The van der Waals surface area contributed by atoms with Crippen LogP contribution in [0.15, 0.2) is 0 Å². The molecule has 12 heteroatoms. The Balaban J connectivity index is -0.000000426. The molecule has 0 aliphatic rings. The van der Waals surface area contributed by atoms with Gasteiger partial charge in [-0.05, 0) is 12.8 Å². The maximum atomic E-state index is 11.1. The SMILES string of the molecule is C[N+](C)(C)CCCC[C@H](C(=O)O)[N+](C)(C)C.O=C([O-])C(=O)O.O=C([O-])C(=O)O. The maximum Gasteiger partial charge on any atom is 0.362 e. The minimum Gasteiger partial charge on any atom is -0.539 e. The number of rotatable bonds is 7. The van der Waals surface area contributed by atoms with Crippen LogP contribution in [0.1, 0.15) is 19.3 Å². The van der Waals surface area contributed by atoms with Crippen molar-refractivity contribution < 1.29 is 58.5 Å². The topological polar surface area (TPSA) is 192 Å². The van der Waals surface area contributed by atoms with Crippen LogP contribution in [-0.4, -0.2) is 109 Å². The quantitative estimate of drug-likeness (QED) is 0.217. The number of quaternary nitrogens is 2. The molecule has 0 spiro atoms. The molecule has 1 atom stereocenters. The minimum atomic E-state index is -2.07. The van der Waals surface area contributed by atoms with Crippen LogP contribution in [0.25, 0.3) is 0 Å². The molecule has 164 valence electrons. The number of nitrogens with zero attached hydrogens (tertiary/aromatic N) is 2. The molecular weight excluding hydrogens is 380 g/mol. The van der Waals surface area contributed by atoms with Gasteiger partial charge in [0.1, 0.15) is 0 Å². The predicted octanol–water partition coefficient (Wildman–Crippen LogP) is -3.34. The van der Waals surface area contributed by atoms with Gasteiger partial charge in [0.15, 0.2) is 18.0 Å². The van der Waals surface area contributed by atoms with Gasteiger partial charge in [-0.1, -0.05) is 0 Å². The molecule has 0 amide bonds. The van der Waals surface area contributed by atoms with Crippen molar-refractivity contribution in [2.45, 2.75) is 25.3 Å². The third kappa shape index (κ3) is 21.3. The van der Waals surface area contributed by atoms with E-state index in [-0.39, 0.29) is 6.04 Å². The first kappa shape index (κ1) is 30.0. The average Bonchev–Trinajstić information content (AvgIpc) is 2.44. The van der Waals surface area contributed by atoms with Crippen molar-refractivity contribution in [1.82, 2.24) is 0 Å². The fourth-order valence-electron chi connectivity index (χ4n) is 1.77. The van der Waals surface area contributed by atoms with Gasteiger partial charge in [-0.2, -0.15) is 0 Å². The van der Waals surface area contributed by atoms with Crippen molar-refractivity contribution in [3.8, 4) is 0 Å². The number of carboxylic acids is 5. The zero-order valence-electron chi connectivity index (χ0n) is 17.0. The van der Waals surface area contributed by atoms with E-state index in [1.54, 1.807) is 0 Å². The van der Waals surface area contributed by atoms with Crippen LogP contribution < -0.4 is 10.2 Å². The highest BCUT2D eigenvalue weighted by Crippen LogP contribution is 2.12. The monoisotopic (exact) mass is 410 g/mol. The number of hydrogen-bond acceptors (Lipinski definition) is 7. The van der Waals surface area contributed by atoms with Crippen molar-refractivity contribution in [2.75, 3.05) is 48.8 Å². The summed E-state index contributed by atoms with van der Waals surface area (Å²) in [6, 6.07) is -0.285. The Morgan fingerprint density at radius 1 is 0.750 bits per heavy atom. The van der Waals surface area contributed by atoms with Gasteiger partial charge in [-0.15, -0.1) is 0 Å². The highest BCUT2D eigenvalue weighted by molar-refractivity contribution is 6.26. The van der Waals surface area contributed by atoms with E-state index in [0.29, 0.717) is 4.48 Å². The van der Waals surface area contributed by atoms with Crippen LogP contribution in [0.2, 0.25) is 0 Å². The van der Waals surface area contributed by atoms with E-state index < -0.39 is 29.8 Å². The zero-order valence-corrected chi connectivity index (χ0v) is 17.0. The molecule has 3 N–H and O–H groups in total. The summed E-state index contributed by atoms with van der Waals surface area (Å²) in [5, 5.41) is 41.8. The summed E-state index contributed by atoms with van der Waals surface area (Å²) in [6.45, 7) is 1.10. The van der Waals surface area contributed by atoms with Gasteiger partial charge in [-0.25, -0.2) is 14.4 Å². The lowest BCUT2D eigenvalue weighted by molar-refractivity contribution is -0.887. The summed E-state index contributed by atoms with van der Waals surface area (Å²) >= 11 is 0. The molecule has 0 fully saturated rings. The first-order chi connectivity index (χ1) is 12.3. The number of carbonyl (C=O) groups is 5. The molecule has 0 rings (SSSR count). The molecule has 0 unspecified atom stereocenters. The second-order valence-corrected chi connectivity index (χ2v) is 7.67. The summed E-state index contributed by atoms with van der Waals surface area (Å²) in [4.78, 5) is 47.2. The summed E-state index contributed by atoms with van der Waals surface area (Å²) in [5.41, 5.74) is 0. The number of hydrogen-bond donors (Lipinski definition) is 3. The largest absolute Gasteiger partial charge is 0.539 e. The number of aliphatic carboxylic acids is 5. The van der Waals surface area contributed by atoms with E-state index in [0.717, 1.165) is 30.3 Å². The minimum absolute atomic E-state index is 0.285. The van der Waals surface area contributed by atoms with Crippen molar-refractivity contribution in [1.29, 1.82) is 0 Å². The van der Waals surface area contributed by atoms with E-state index in [1.807, 2.05) is 21.1 Å². The lowest BCUT2D eigenvalue weighted by atomic mass is 10.1. The van der Waals surface area contributed by atoms with Crippen molar-refractivity contribution >= 4 is 29.8 Å². The van der Waals surface area contributed by atoms with Crippen molar-refractivity contribution in [2.24, 2.45) is 0 Å². The normalized spacial score (nSPS) is 11.6. The molecule has 0 aliphatic heterocycles. The van der Waals surface area contributed by atoms with E-state index in [9.17, 15) is 4.79 Å². The van der Waals surface area contributed by atoms with E-state index >= 15 is 0 Å². The summed E-state index contributed by atoms with van der Waals surface area (Å²) in [5.74, 6) is -8.70. The fourth-order valence-corrected chi connectivity index (χ4v) is 1.77. The maximum absolute atomic E-state index is 11.1. The highest BCUT2D eigenvalue weighted by atomic mass is 16.4. The molecule has 12 nitrogen and oxygen atoms in total. The van der Waals surface area contributed by atoms with Gasteiger partial charge in [0.25, 0.3) is 0 Å². The summed E-state index contributed by atoms with van der Waals surface area (Å²) in [7, 11) is 12.3. The van der Waals surface area contributed by atoms with Crippen molar-refractivity contribution in [3.05, 3.63) is 0 Å². The molecule has 28 heavy (non-hydrogen) atoms. The van der Waals surface area contributed by atoms with Gasteiger partial charge in [-0.3, -0.25) is 0 Å². The lowest BCUT2D eigenvalue weighted by Gasteiger charge is -2.31.